The third-order valence-electron chi connectivity index (χ3n) is 3.59. The molecule has 158 valence electrons. The van der Waals surface area contributed by atoms with Gasteiger partial charge in [0.05, 0.1) is 6.61 Å². The highest BCUT2D eigenvalue weighted by atomic mass is 31.2. The smallest absolute Gasteiger partial charge is 0.443 e. The molecule has 0 spiro atoms. The van der Waals surface area contributed by atoms with Crippen LogP contribution in [0.15, 0.2) is 30.3 Å². The second-order valence-electron chi connectivity index (χ2n) is 5.44. The maximum Gasteiger partial charge on any atom is 0.443 e. The van der Waals surface area contributed by atoms with Gasteiger partial charge in [-0.3, -0.25) is 9.59 Å². The Morgan fingerprint density at radius 2 is 1.76 bits per heavy atom. The number of hydrogen-bond donors (Lipinski definition) is 1. The van der Waals surface area contributed by atoms with Crippen LogP contribution in [0.2, 0.25) is 0 Å². The van der Waals surface area contributed by atoms with E-state index in [-0.39, 0.29) is 6.61 Å². The monoisotopic (exact) mass is 427 g/mol. The second-order valence-corrected chi connectivity index (χ2v) is 7.43. The summed E-state index contributed by atoms with van der Waals surface area (Å²) >= 11 is 0. The molecular formula is C17H22N3O8P. The van der Waals surface area contributed by atoms with E-state index < -0.39 is 43.3 Å². The fourth-order valence-electron chi connectivity index (χ4n) is 2.30. The van der Waals surface area contributed by atoms with Crippen molar-refractivity contribution >= 4 is 31.2 Å². The third-order valence-corrected chi connectivity index (χ3v) is 5.14. The summed E-state index contributed by atoms with van der Waals surface area (Å²) < 4.78 is 32.2. The Hall–Kier alpha value is -2.68. The number of hydrogen-bond acceptors (Lipinski definition) is 8. The maximum atomic E-state index is 13.0. The quantitative estimate of drug-likeness (QED) is 0.138. The minimum Gasteiger partial charge on any atom is -0.457 e. The van der Waals surface area contributed by atoms with Crippen LogP contribution >= 0.6 is 7.75 Å². The SMILES string of the molecule is CCOC(=O)C(=[N+]=[N-])C(=O)C(NP(=O)(OC)OC)C(OC(C)=O)c1ccccc1. The zero-order chi connectivity index (χ0) is 22.0. The molecule has 0 saturated carbocycles. The lowest BCUT2D eigenvalue weighted by atomic mass is 9.97. The van der Waals surface area contributed by atoms with Gasteiger partial charge < -0.3 is 24.1 Å². The summed E-state index contributed by atoms with van der Waals surface area (Å²) in [7, 11) is -1.93. The van der Waals surface area contributed by atoms with E-state index in [0.717, 1.165) is 21.1 Å². The number of nitrogens with one attached hydrogen (secondary N) is 1. The molecular weight excluding hydrogens is 405 g/mol. The Kier molecular flexibility index (Phi) is 9.54. The van der Waals surface area contributed by atoms with E-state index >= 15 is 0 Å². The van der Waals surface area contributed by atoms with Crippen LogP contribution in [-0.2, 0) is 37.5 Å². The lowest BCUT2D eigenvalue weighted by Crippen LogP contribution is -2.47. The molecule has 1 rings (SSSR count). The van der Waals surface area contributed by atoms with Gasteiger partial charge in [0.2, 0.25) is 0 Å². The van der Waals surface area contributed by atoms with E-state index in [1.807, 2.05) is 0 Å². The van der Waals surface area contributed by atoms with Crippen molar-refractivity contribution in [1.29, 1.82) is 0 Å². The van der Waals surface area contributed by atoms with E-state index in [9.17, 15) is 24.5 Å². The van der Waals surface area contributed by atoms with Gasteiger partial charge in [-0.05, 0) is 12.5 Å². The van der Waals surface area contributed by atoms with Gasteiger partial charge in [0.15, 0.2) is 6.10 Å². The van der Waals surface area contributed by atoms with E-state index in [1.54, 1.807) is 30.3 Å². The van der Waals surface area contributed by atoms with Crippen LogP contribution in [0.3, 0.4) is 0 Å². The first kappa shape index (κ1) is 24.4. The van der Waals surface area contributed by atoms with Crippen LogP contribution in [0.1, 0.15) is 25.5 Å². The van der Waals surface area contributed by atoms with Crippen LogP contribution in [0.25, 0.3) is 5.53 Å². The van der Waals surface area contributed by atoms with E-state index in [0.29, 0.717) is 5.56 Å². The Morgan fingerprint density at radius 1 is 1.17 bits per heavy atom. The highest BCUT2D eigenvalue weighted by Gasteiger charge is 2.46. The molecule has 0 bridgehead atoms. The molecule has 0 aromatic heterocycles. The number of benzene rings is 1. The number of ketones is 1. The van der Waals surface area contributed by atoms with Crippen LogP contribution in [0.5, 0.6) is 0 Å². The molecule has 1 aromatic rings. The van der Waals surface area contributed by atoms with Crippen LogP contribution < -0.4 is 5.09 Å². The van der Waals surface area contributed by atoms with Gasteiger partial charge in [-0.1, -0.05) is 30.3 Å². The summed E-state index contributed by atoms with van der Waals surface area (Å²) in [4.78, 5) is 39.4. The Balaban J connectivity index is 3.53. The second kappa shape index (κ2) is 11.4. The summed E-state index contributed by atoms with van der Waals surface area (Å²) in [6.45, 7) is 2.50. The van der Waals surface area contributed by atoms with Crippen molar-refractivity contribution < 1.29 is 42.3 Å². The van der Waals surface area contributed by atoms with Crippen molar-refractivity contribution in [3.8, 4) is 0 Å². The highest BCUT2D eigenvalue weighted by molar-refractivity contribution is 7.51. The highest BCUT2D eigenvalue weighted by Crippen LogP contribution is 2.43. The molecule has 0 amide bonds. The van der Waals surface area contributed by atoms with Crippen LogP contribution in [-0.4, -0.2) is 55.1 Å². The summed E-state index contributed by atoms with van der Waals surface area (Å²) in [6.07, 6.45) is -1.37. The zero-order valence-corrected chi connectivity index (χ0v) is 17.3. The summed E-state index contributed by atoms with van der Waals surface area (Å²) in [5, 5.41) is 2.33. The van der Waals surface area contributed by atoms with Crippen molar-refractivity contribution in [1.82, 2.24) is 5.09 Å². The molecule has 11 nitrogen and oxygen atoms in total. The number of rotatable bonds is 11. The molecule has 1 N–H and O–H groups in total. The first-order valence-corrected chi connectivity index (χ1v) is 9.92. The molecule has 0 aliphatic carbocycles. The zero-order valence-electron chi connectivity index (χ0n) is 16.4. The van der Waals surface area contributed by atoms with E-state index in [1.165, 1.54) is 6.92 Å². The molecule has 2 unspecified atom stereocenters. The first-order valence-electron chi connectivity index (χ1n) is 8.37. The minimum absolute atomic E-state index is 0.0933. The van der Waals surface area contributed by atoms with Crippen molar-refractivity contribution in [3.63, 3.8) is 0 Å². The van der Waals surface area contributed by atoms with Crippen LogP contribution in [0, 0.1) is 0 Å². The Morgan fingerprint density at radius 3 is 2.21 bits per heavy atom. The number of ether oxygens (including phenoxy) is 2. The average Bonchev–Trinajstić information content (AvgIpc) is 2.71. The summed E-state index contributed by atoms with van der Waals surface area (Å²) in [5.74, 6) is -3.14. The van der Waals surface area contributed by atoms with Crippen molar-refractivity contribution in [3.05, 3.63) is 41.4 Å². The molecule has 0 aliphatic rings. The predicted octanol–water partition coefficient (Wildman–Crippen LogP) is 1.45. The molecule has 0 heterocycles. The maximum absolute atomic E-state index is 13.0. The number of carbonyl (C=O) groups excluding carboxylic acids is 3. The van der Waals surface area contributed by atoms with Gasteiger partial charge in [0.25, 0.3) is 5.78 Å². The molecule has 0 radical (unpaired) electrons. The van der Waals surface area contributed by atoms with Gasteiger partial charge in [-0.2, -0.15) is 4.79 Å². The van der Waals surface area contributed by atoms with Gasteiger partial charge >= 0.3 is 25.4 Å². The topological polar surface area (TPSA) is 154 Å². The fourth-order valence-corrected chi connectivity index (χ4v) is 3.25. The molecule has 29 heavy (non-hydrogen) atoms. The van der Waals surface area contributed by atoms with Gasteiger partial charge in [-0.15, -0.1) is 0 Å². The predicted molar refractivity (Wildman–Crippen MR) is 99.8 cm³/mol. The Labute approximate surface area is 167 Å². The molecule has 1 aromatic carbocycles. The molecule has 0 aliphatic heterocycles. The summed E-state index contributed by atoms with van der Waals surface area (Å²) in [6, 6.07) is 6.33. The largest absolute Gasteiger partial charge is 0.457 e. The van der Waals surface area contributed by atoms with Crippen molar-refractivity contribution in [2.24, 2.45) is 0 Å². The number of carbonyl (C=O) groups is 3. The molecule has 0 fully saturated rings. The molecule has 2 atom stereocenters. The number of esters is 2. The minimum atomic E-state index is -4.06. The van der Waals surface area contributed by atoms with Gasteiger partial charge in [0, 0.05) is 21.1 Å². The van der Waals surface area contributed by atoms with E-state index in [2.05, 4.69) is 9.88 Å². The third kappa shape index (κ3) is 6.70. The lowest BCUT2D eigenvalue weighted by Gasteiger charge is -2.27. The molecule has 12 heteroatoms. The normalized spacial score (nSPS) is 13.0. The standard InChI is InChI=1S/C17H22N3O8P/c1-5-27-17(23)14(19-18)15(22)13(20-29(24,25-3)26-4)16(28-11(2)21)12-9-7-6-8-10-12/h6-10,13,16H,5H2,1-4H3,(H,20,24). The molecule has 0 saturated heterocycles. The van der Waals surface area contributed by atoms with Gasteiger partial charge in [-0.25, -0.2) is 14.4 Å². The van der Waals surface area contributed by atoms with Crippen molar-refractivity contribution in [2.45, 2.75) is 26.0 Å². The fraction of sp³-hybridized carbons (Fsp3) is 0.412. The average molecular weight is 427 g/mol. The Bertz CT molecular complexity index is 830. The number of nitrogens with zero attached hydrogens (tertiary/aromatic N) is 2. The lowest BCUT2D eigenvalue weighted by molar-refractivity contribution is -0.149. The number of Topliss-reactive ketones (excluding diaryl/α,β-unsaturated/α-hetero) is 1. The van der Waals surface area contributed by atoms with Gasteiger partial charge in [0.1, 0.15) is 6.04 Å². The van der Waals surface area contributed by atoms with Crippen LogP contribution in [0.4, 0.5) is 0 Å². The first-order chi connectivity index (χ1) is 13.7. The van der Waals surface area contributed by atoms with Crippen molar-refractivity contribution in [2.75, 3.05) is 20.8 Å². The van der Waals surface area contributed by atoms with E-state index in [4.69, 9.17) is 18.5 Å². The summed E-state index contributed by atoms with van der Waals surface area (Å²) in [5.41, 5.74) is 8.53.